The van der Waals surface area contributed by atoms with Crippen molar-refractivity contribution in [3.63, 3.8) is 0 Å². The molecule has 70 valence electrons. The molecule has 0 saturated heterocycles. The molecule has 12 heavy (non-hydrogen) atoms. The maximum absolute atomic E-state index is 10.3. The SMILES string of the molecule is NCC1(CC(O)C(=O)O)CCC1. The summed E-state index contributed by atoms with van der Waals surface area (Å²) < 4.78 is 0. The summed E-state index contributed by atoms with van der Waals surface area (Å²) >= 11 is 0. The Hall–Kier alpha value is -0.610. The average Bonchev–Trinajstić information content (AvgIpc) is 1.96. The molecule has 1 aliphatic rings. The lowest BCUT2D eigenvalue weighted by Gasteiger charge is -2.41. The molecule has 1 aliphatic carbocycles. The van der Waals surface area contributed by atoms with E-state index in [0.717, 1.165) is 19.3 Å². The van der Waals surface area contributed by atoms with Crippen LogP contribution in [0.5, 0.6) is 0 Å². The fraction of sp³-hybridized carbons (Fsp3) is 0.875. The first-order valence-corrected chi connectivity index (χ1v) is 4.21. The zero-order valence-corrected chi connectivity index (χ0v) is 6.99. The zero-order chi connectivity index (χ0) is 9.19. The van der Waals surface area contributed by atoms with E-state index in [9.17, 15) is 4.79 Å². The van der Waals surface area contributed by atoms with Crippen LogP contribution in [-0.4, -0.2) is 28.8 Å². The molecule has 1 saturated carbocycles. The van der Waals surface area contributed by atoms with Gasteiger partial charge in [-0.2, -0.15) is 0 Å². The van der Waals surface area contributed by atoms with E-state index in [0.29, 0.717) is 13.0 Å². The van der Waals surface area contributed by atoms with Crippen LogP contribution in [-0.2, 0) is 4.79 Å². The summed E-state index contributed by atoms with van der Waals surface area (Å²) in [5.74, 6) is -1.14. The first kappa shape index (κ1) is 9.48. The first-order valence-electron chi connectivity index (χ1n) is 4.21. The number of aliphatic carboxylic acids is 1. The van der Waals surface area contributed by atoms with Gasteiger partial charge >= 0.3 is 5.97 Å². The second kappa shape index (κ2) is 3.41. The smallest absolute Gasteiger partial charge is 0.332 e. The lowest BCUT2D eigenvalue weighted by atomic mass is 9.66. The van der Waals surface area contributed by atoms with E-state index in [2.05, 4.69) is 0 Å². The van der Waals surface area contributed by atoms with E-state index in [1.807, 2.05) is 0 Å². The lowest BCUT2D eigenvalue weighted by molar-refractivity contribution is -0.149. The molecule has 0 amide bonds. The molecule has 1 fully saturated rings. The summed E-state index contributed by atoms with van der Waals surface area (Å²) in [6, 6.07) is 0. The minimum absolute atomic E-state index is 0.0855. The maximum Gasteiger partial charge on any atom is 0.332 e. The normalized spacial score (nSPS) is 22.8. The van der Waals surface area contributed by atoms with Gasteiger partial charge in [-0.05, 0) is 31.2 Å². The molecule has 1 atom stereocenters. The van der Waals surface area contributed by atoms with E-state index < -0.39 is 12.1 Å². The second-order valence-corrected chi connectivity index (χ2v) is 3.62. The highest BCUT2D eigenvalue weighted by Gasteiger charge is 2.38. The molecule has 4 N–H and O–H groups in total. The standard InChI is InChI=1S/C8H15NO3/c9-5-8(2-1-3-8)4-6(10)7(11)12/h6,10H,1-5,9H2,(H,11,12). The highest BCUT2D eigenvalue weighted by atomic mass is 16.4. The predicted molar refractivity (Wildman–Crippen MR) is 43.6 cm³/mol. The third-order valence-electron chi connectivity index (χ3n) is 2.76. The fourth-order valence-corrected chi connectivity index (χ4v) is 1.67. The van der Waals surface area contributed by atoms with Gasteiger partial charge in [0.15, 0.2) is 6.10 Å². The highest BCUT2D eigenvalue weighted by molar-refractivity contribution is 5.71. The summed E-state index contributed by atoms with van der Waals surface area (Å²) in [4.78, 5) is 10.3. The van der Waals surface area contributed by atoms with Gasteiger partial charge < -0.3 is 15.9 Å². The Morgan fingerprint density at radius 3 is 2.42 bits per heavy atom. The van der Waals surface area contributed by atoms with E-state index >= 15 is 0 Å². The lowest BCUT2D eigenvalue weighted by Crippen LogP contribution is -2.41. The van der Waals surface area contributed by atoms with E-state index in [-0.39, 0.29) is 5.41 Å². The van der Waals surface area contributed by atoms with Gasteiger partial charge in [0.25, 0.3) is 0 Å². The number of nitrogens with two attached hydrogens (primary N) is 1. The van der Waals surface area contributed by atoms with Crippen LogP contribution in [0.4, 0.5) is 0 Å². The van der Waals surface area contributed by atoms with Gasteiger partial charge in [-0.1, -0.05) is 6.42 Å². The van der Waals surface area contributed by atoms with Gasteiger partial charge in [-0.15, -0.1) is 0 Å². The fourth-order valence-electron chi connectivity index (χ4n) is 1.67. The Balaban J connectivity index is 2.42. The Kier molecular flexibility index (Phi) is 2.69. The maximum atomic E-state index is 10.3. The van der Waals surface area contributed by atoms with Gasteiger partial charge in [0.1, 0.15) is 0 Å². The number of hydrogen-bond acceptors (Lipinski definition) is 3. The van der Waals surface area contributed by atoms with Crippen LogP contribution >= 0.6 is 0 Å². The molecule has 0 bridgehead atoms. The topological polar surface area (TPSA) is 83.5 Å². The van der Waals surface area contributed by atoms with Gasteiger partial charge in [-0.3, -0.25) is 0 Å². The van der Waals surface area contributed by atoms with Crippen LogP contribution < -0.4 is 5.73 Å². The summed E-state index contributed by atoms with van der Waals surface area (Å²) in [6.07, 6.45) is 2.07. The molecule has 0 aliphatic heterocycles. The summed E-state index contributed by atoms with van der Waals surface area (Å²) in [5, 5.41) is 17.6. The van der Waals surface area contributed by atoms with Crippen LogP contribution in [0.15, 0.2) is 0 Å². The minimum atomic E-state index is -1.24. The van der Waals surface area contributed by atoms with Crippen LogP contribution in [0.3, 0.4) is 0 Å². The molecule has 4 heteroatoms. The van der Waals surface area contributed by atoms with Crippen LogP contribution in [0.25, 0.3) is 0 Å². The number of aliphatic hydroxyl groups is 1. The van der Waals surface area contributed by atoms with Crippen LogP contribution in [0.2, 0.25) is 0 Å². The molecular formula is C8H15NO3. The summed E-state index contributed by atoms with van der Waals surface area (Å²) in [5.41, 5.74) is 5.43. The van der Waals surface area contributed by atoms with E-state index in [4.69, 9.17) is 15.9 Å². The number of carbonyl (C=O) groups is 1. The van der Waals surface area contributed by atoms with E-state index in [1.54, 1.807) is 0 Å². The highest BCUT2D eigenvalue weighted by Crippen LogP contribution is 2.43. The third-order valence-corrected chi connectivity index (χ3v) is 2.76. The van der Waals surface area contributed by atoms with Gasteiger partial charge in [0.2, 0.25) is 0 Å². The summed E-state index contributed by atoms with van der Waals surface area (Å²) in [7, 11) is 0. The number of aliphatic hydroxyl groups excluding tert-OH is 1. The number of rotatable bonds is 4. The van der Waals surface area contributed by atoms with Crippen molar-refractivity contribution in [3.8, 4) is 0 Å². The largest absolute Gasteiger partial charge is 0.479 e. The number of carboxylic acid groups (broad SMARTS) is 1. The molecule has 1 rings (SSSR count). The van der Waals surface area contributed by atoms with Crippen LogP contribution in [0, 0.1) is 5.41 Å². The van der Waals surface area contributed by atoms with Crippen LogP contribution in [0.1, 0.15) is 25.7 Å². The Morgan fingerprint density at radius 1 is 1.58 bits per heavy atom. The Bertz CT molecular complexity index is 172. The van der Waals surface area contributed by atoms with Crippen molar-refractivity contribution in [3.05, 3.63) is 0 Å². The quantitative estimate of drug-likeness (QED) is 0.556. The molecule has 0 aromatic carbocycles. The van der Waals surface area contributed by atoms with Crippen molar-refractivity contribution >= 4 is 5.97 Å². The Morgan fingerprint density at radius 2 is 2.17 bits per heavy atom. The second-order valence-electron chi connectivity index (χ2n) is 3.62. The molecule has 0 spiro atoms. The molecular weight excluding hydrogens is 158 g/mol. The predicted octanol–water partition coefficient (Wildman–Crippen LogP) is -0.0490. The van der Waals surface area contributed by atoms with E-state index in [1.165, 1.54) is 0 Å². The van der Waals surface area contributed by atoms with Gasteiger partial charge in [-0.25, -0.2) is 4.79 Å². The van der Waals surface area contributed by atoms with Crippen molar-refractivity contribution in [1.82, 2.24) is 0 Å². The monoisotopic (exact) mass is 173 g/mol. The van der Waals surface area contributed by atoms with Crippen molar-refractivity contribution in [2.45, 2.75) is 31.8 Å². The number of carboxylic acids is 1. The van der Waals surface area contributed by atoms with Crippen molar-refractivity contribution in [1.29, 1.82) is 0 Å². The average molecular weight is 173 g/mol. The van der Waals surface area contributed by atoms with Crippen molar-refractivity contribution in [2.75, 3.05) is 6.54 Å². The van der Waals surface area contributed by atoms with Gasteiger partial charge in [0.05, 0.1) is 0 Å². The third kappa shape index (κ3) is 1.76. The first-order chi connectivity index (χ1) is 5.59. The molecule has 1 unspecified atom stereocenters. The van der Waals surface area contributed by atoms with Crippen molar-refractivity contribution < 1.29 is 15.0 Å². The minimum Gasteiger partial charge on any atom is -0.479 e. The number of hydrogen-bond donors (Lipinski definition) is 3. The molecule has 0 aromatic rings. The van der Waals surface area contributed by atoms with Gasteiger partial charge in [0, 0.05) is 0 Å². The van der Waals surface area contributed by atoms with Crippen molar-refractivity contribution in [2.24, 2.45) is 11.1 Å². The molecule has 4 nitrogen and oxygen atoms in total. The zero-order valence-electron chi connectivity index (χ0n) is 6.99. The molecule has 0 heterocycles. The summed E-state index contributed by atoms with van der Waals surface area (Å²) in [6.45, 7) is 0.483. The Labute approximate surface area is 71.4 Å². The molecule has 0 aromatic heterocycles. The molecule has 0 radical (unpaired) electrons.